The normalized spacial score (nSPS) is 21.1. The summed E-state index contributed by atoms with van der Waals surface area (Å²) in [6.45, 7) is 4.61. The molecule has 0 radical (unpaired) electrons. The van der Waals surface area contributed by atoms with Gasteiger partial charge in [-0.05, 0) is 25.7 Å². The van der Waals surface area contributed by atoms with E-state index in [9.17, 15) is 4.79 Å². The van der Waals surface area contributed by atoms with Gasteiger partial charge < -0.3 is 18.9 Å². The van der Waals surface area contributed by atoms with Crippen LogP contribution in [0.4, 0.5) is 0 Å². The third-order valence-electron chi connectivity index (χ3n) is 5.69. The molecular formula is C19H31N3O4. The SMILES string of the molecule is COCCc1noc(COC2CCN(C(=O)C3(C)CCCCC3)CC2)n1. The number of hydrogen-bond donors (Lipinski definition) is 0. The molecule has 1 aromatic heterocycles. The summed E-state index contributed by atoms with van der Waals surface area (Å²) in [7, 11) is 1.65. The molecule has 26 heavy (non-hydrogen) atoms. The average Bonchev–Trinajstić information content (AvgIpc) is 3.13. The molecule has 7 nitrogen and oxygen atoms in total. The number of carbonyl (C=O) groups is 1. The number of piperidine rings is 1. The Labute approximate surface area is 155 Å². The number of aromatic nitrogens is 2. The summed E-state index contributed by atoms with van der Waals surface area (Å²) in [5, 5.41) is 3.91. The first kappa shape index (κ1) is 19.3. The Kier molecular flexibility index (Phi) is 6.64. The lowest BCUT2D eigenvalue weighted by Gasteiger charge is -2.40. The molecule has 2 aliphatic rings. The van der Waals surface area contributed by atoms with Crippen LogP contribution in [-0.2, 0) is 27.3 Å². The number of likely N-dealkylation sites (tertiary alicyclic amines) is 1. The van der Waals surface area contributed by atoms with Gasteiger partial charge in [-0.15, -0.1) is 0 Å². The zero-order valence-electron chi connectivity index (χ0n) is 16.0. The molecule has 3 rings (SSSR count). The fourth-order valence-electron chi connectivity index (χ4n) is 3.99. The van der Waals surface area contributed by atoms with Crippen LogP contribution in [0.1, 0.15) is 63.6 Å². The highest BCUT2D eigenvalue weighted by molar-refractivity contribution is 5.82. The van der Waals surface area contributed by atoms with Gasteiger partial charge in [0.1, 0.15) is 6.61 Å². The molecule has 1 amide bonds. The van der Waals surface area contributed by atoms with Crippen molar-refractivity contribution in [1.82, 2.24) is 15.0 Å². The number of carbonyl (C=O) groups excluding carboxylic acids is 1. The quantitative estimate of drug-likeness (QED) is 0.739. The molecule has 0 aromatic carbocycles. The second kappa shape index (κ2) is 8.95. The van der Waals surface area contributed by atoms with Crippen LogP contribution in [0.3, 0.4) is 0 Å². The summed E-state index contributed by atoms with van der Waals surface area (Å²) < 4.78 is 16.1. The Hall–Kier alpha value is -1.47. The minimum absolute atomic E-state index is 0.145. The van der Waals surface area contributed by atoms with Gasteiger partial charge >= 0.3 is 0 Å². The van der Waals surface area contributed by atoms with Crippen LogP contribution in [0.2, 0.25) is 0 Å². The summed E-state index contributed by atoms with van der Waals surface area (Å²) >= 11 is 0. The highest BCUT2D eigenvalue weighted by Gasteiger charge is 2.38. The first-order valence-electron chi connectivity index (χ1n) is 9.82. The molecule has 2 heterocycles. The summed E-state index contributed by atoms with van der Waals surface area (Å²) in [5.74, 6) is 1.49. The number of ether oxygens (including phenoxy) is 2. The van der Waals surface area contributed by atoms with E-state index < -0.39 is 0 Å². The van der Waals surface area contributed by atoms with Crippen molar-refractivity contribution in [3.63, 3.8) is 0 Å². The number of rotatable bonds is 7. The van der Waals surface area contributed by atoms with Crippen molar-refractivity contribution in [2.75, 3.05) is 26.8 Å². The van der Waals surface area contributed by atoms with Gasteiger partial charge in [-0.3, -0.25) is 4.79 Å². The fraction of sp³-hybridized carbons (Fsp3) is 0.842. The molecule has 1 aliphatic heterocycles. The van der Waals surface area contributed by atoms with E-state index in [0.29, 0.717) is 37.3 Å². The van der Waals surface area contributed by atoms with E-state index in [4.69, 9.17) is 14.0 Å². The van der Waals surface area contributed by atoms with Gasteiger partial charge in [-0.1, -0.05) is 31.3 Å². The lowest BCUT2D eigenvalue weighted by atomic mass is 9.74. The molecule has 1 aliphatic carbocycles. The van der Waals surface area contributed by atoms with Crippen molar-refractivity contribution >= 4 is 5.91 Å². The monoisotopic (exact) mass is 365 g/mol. The maximum absolute atomic E-state index is 12.9. The predicted octanol–water partition coefficient (Wildman–Crippen LogP) is 2.74. The largest absolute Gasteiger partial charge is 0.384 e. The Morgan fingerprint density at radius 2 is 2.00 bits per heavy atom. The highest BCUT2D eigenvalue weighted by atomic mass is 16.5. The average molecular weight is 365 g/mol. The van der Waals surface area contributed by atoms with Crippen molar-refractivity contribution in [3.8, 4) is 0 Å². The molecule has 146 valence electrons. The van der Waals surface area contributed by atoms with Gasteiger partial charge in [0, 0.05) is 32.0 Å². The van der Waals surface area contributed by atoms with E-state index in [1.54, 1.807) is 7.11 Å². The molecule has 1 saturated heterocycles. The number of hydrogen-bond acceptors (Lipinski definition) is 6. The third kappa shape index (κ3) is 4.82. The molecule has 0 bridgehead atoms. The Balaban J connectivity index is 1.41. The molecule has 2 fully saturated rings. The first-order valence-corrected chi connectivity index (χ1v) is 9.82. The van der Waals surface area contributed by atoms with Crippen LogP contribution in [0.25, 0.3) is 0 Å². The van der Waals surface area contributed by atoms with E-state index >= 15 is 0 Å². The number of amides is 1. The predicted molar refractivity (Wildman–Crippen MR) is 95.5 cm³/mol. The third-order valence-corrected chi connectivity index (χ3v) is 5.69. The van der Waals surface area contributed by atoms with Crippen molar-refractivity contribution in [1.29, 1.82) is 0 Å². The maximum atomic E-state index is 12.9. The van der Waals surface area contributed by atoms with Gasteiger partial charge in [-0.25, -0.2) is 0 Å². The lowest BCUT2D eigenvalue weighted by Crippen LogP contribution is -2.48. The standard InChI is InChI=1S/C19H31N3O4/c1-19(9-4-3-5-10-19)18(23)22-11-6-15(7-12-22)25-14-17-20-16(21-26-17)8-13-24-2/h15H,3-14H2,1-2H3. The van der Waals surface area contributed by atoms with E-state index in [1.807, 2.05) is 4.90 Å². The topological polar surface area (TPSA) is 77.7 Å². The van der Waals surface area contributed by atoms with Crippen LogP contribution in [-0.4, -0.2) is 53.9 Å². The number of nitrogens with zero attached hydrogens (tertiary/aromatic N) is 3. The van der Waals surface area contributed by atoms with Crippen LogP contribution in [0.15, 0.2) is 4.52 Å². The van der Waals surface area contributed by atoms with Gasteiger partial charge in [0.25, 0.3) is 5.89 Å². The molecule has 0 spiro atoms. The summed E-state index contributed by atoms with van der Waals surface area (Å²) in [6, 6.07) is 0. The molecule has 1 saturated carbocycles. The van der Waals surface area contributed by atoms with E-state index in [2.05, 4.69) is 17.1 Å². The minimum atomic E-state index is -0.145. The summed E-state index contributed by atoms with van der Waals surface area (Å²) in [5.41, 5.74) is -0.145. The highest BCUT2D eigenvalue weighted by Crippen LogP contribution is 2.38. The van der Waals surface area contributed by atoms with Crippen molar-refractivity contribution in [3.05, 3.63) is 11.7 Å². The van der Waals surface area contributed by atoms with Gasteiger partial charge in [0.05, 0.1) is 12.7 Å². The van der Waals surface area contributed by atoms with E-state index in [-0.39, 0.29) is 11.5 Å². The van der Waals surface area contributed by atoms with E-state index in [1.165, 1.54) is 19.3 Å². The summed E-state index contributed by atoms with van der Waals surface area (Å²) in [4.78, 5) is 19.2. The minimum Gasteiger partial charge on any atom is -0.384 e. The van der Waals surface area contributed by atoms with Gasteiger partial charge in [-0.2, -0.15) is 4.98 Å². The molecule has 7 heteroatoms. The Bertz CT molecular complexity index is 575. The molecule has 1 aromatic rings. The fourth-order valence-corrected chi connectivity index (χ4v) is 3.99. The van der Waals surface area contributed by atoms with Crippen LogP contribution in [0, 0.1) is 5.41 Å². The van der Waals surface area contributed by atoms with Crippen LogP contribution in [0.5, 0.6) is 0 Å². The van der Waals surface area contributed by atoms with Gasteiger partial charge in [0.2, 0.25) is 5.91 Å². The second-order valence-electron chi connectivity index (χ2n) is 7.77. The molecular weight excluding hydrogens is 334 g/mol. The van der Waals surface area contributed by atoms with Crippen molar-refractivity contribution in [2.24, 2.45) is 5.41 Å². The lowest BCUT2D eigenvalue weighted by molar-refractivity contribution is -0.146. The second-order valence-corrected chi connectivity index (χ2v) is 7.77. The summed E-state index contributed by atoms with van der Waals surface area (Å²) in [6.07, 6.45) is 8.21. The molecule has 0 atom stereocenters. The van der Waals surface area contributed by atoms with Gasteiger partial charge in [0.15, 0.2) is 5.82 Å². The smallest absolute Gasteiger partial charge is 0.252 e. The Morgan fingerprint density at radius 1 is 1.27 bits per heavy atom. The maximum Gasteiger partial charge on any atom is 0.252 e. The zero-order valence-corrected chi connectivity index (χ0v) is 16.0. The van der Waals surface area contributed by atoms with Crippen LogP contribution >= 0.6 is 0 Å². The van der Waals surface area contributed by atoms with Crippen LogP contribution < -0.4 is 0 Å². The molecule has 0 unspecified atom stereocenters. The van der Waals surface area contributed by atoms with E-state index in [0.717, 1.165) is 38.8 Å². The van der Waals surface area contributed by atoms with Crippen molar-refractivity contribution in [2.45, 2.75) is 71.0 Å². The van der Waals surface area contributed by atoms with Crippen molar-refractivity contribution < 1.29 is 18.8 Å². The zero-order chi connectivity index (χ0) is 18.4. The first-order chi connectivity index (χ1) is 12.6. The molecule has 0 N–H and O–H groups in total. The Morgan fingerprint density at radius 3 is 2.69 bits per heavy atom. The number of methoxy groups -OCH3 is 1.